The first-order chi connectivity index (χ1) is 13.9. The van der Waals surface area contributed by atoms with Crippen molar-refractivity contribution >= 4 is 40.2 Å². The van der Waals surface area contributed by atoms with Crippen molar-refractivity contribution < 1.29 is 0 Å². The zero-order valence-corrected chi connectivity index (χ0v) is 15.1. The van der Waals surface area contributed by atoms with Gasteiger partial charge in [0.05, 0.1) is 11.6 Å². The minimum absolute atomic E-state index is 0.213. The van der Waals surface area contributed by atoms with Crippen LogP contribution >= 0.6 is 0 Å². The Balaban J connectivity index is 1.76. The van der Waals surface area contributed by atoms with Gasteiger partial charge in [-0.25, -0.2) is 0 Å². The molecule has 0 saturated carbocycles. The minimum Gasteiger partial charge on any atom is -0.311 e. The van der Waals surface area contributed by atoms with E-state index >= 15 is 0 Å². The van der Waals surface area contributed by atoms with Crippen LogP contribution in [0.5, 0.6) is 0 Å². The maximum Gasteiger partial charge on any atom is 0.248 e. The van der Waals surface area contributed by atoms with Gasteiger partial charge in [0.15, 0.2) is 0 Å². The van der Waals surface area contributed by atoms with E-state index in [1.165, 1.54) is 33.2 Å². The fourth-order valence-corrected chi connectivity index (χ4v) is 4.81. The summed E-state index contributed by atoms with van der Waals surface area (Å²) in [6.07, 6.45) is 0. The van der Waals surface area contributed by atoms with Crippen LogP contribution in [0, 0.1) is 11.3 Å². The molecular weight excluding hydrogens is 339 g/mol. The van der Waals surface area contributed by atoms with E-state index in [1.807, 2.05) is 12.1 Å². The number of benzene rings is 4. The number of hydrogen-bond acceptors (Lipinski definition) is 2. The largest absolute Gasteiger partial charge is 0.311 e. The van der Waals surface area contributed by atoms with E-state index < -0.39 is 0 Å². The first-order valence-electron chi connectivity index (χ1n) is 9.48. The van der Waals surface area contributed by atoms with E-state index in [0.717, 1.165) is 11.4 Å². The van der Waals surface area contributed by atoms with Crippen LogP contribution in [0.2, 0.25) is 0 Å². The highest BCUT2D eigenvalue weighted by atomic mass is 15.1. The average Bonchev–Trinajstić information content (AvgIpc) is 3.10. The van der Waals surface area contributed by atoms with Gasteiger partial charge in [-0.2, -0.15) is 5.26 Å². The number of nitrogens with zero attached hydrogens (tertiary/aromatic N) is 2. The van der Waals surface area contributed by atoms with E-state index in [9.17, 15) is 5.26 Å². The quantitative estimate of drug-likeness (QED) is 0.420. The second-order valence-corrected chi connectivity index (χ2v) is 7.32. The van der Waals surface area contributed by atoms with Gasteiger partial charge in [-0.15, -0.1) is 0 Å². The number of fused-ring (bicyclic) bond motifs is 5. The Bertz CT molecular complexity index is 1290. The van der Waals surface area contributed by atoms with Crippen LogP contribution in [0.1, 0.15) is 5.56 Å². The van der Waals surface area contributed by atoms with Crippen LogP contribution in [-0.2, 0) is 0 Å². The van der Waals surface area contributed by atoms with Crippen LogP contribution in [0.25, 0.3) is 11.1 Å². The van der Waals surface area contributed by atoms with Crippen LogP contribution in [0.3, 0.4) is 0 Å². The smallest absolute Gasteiger partial charge is 0.248 e. The van der Waals surface area contributed by atoms with Crippen LogP contribution in [0.15, 0.2) is 91.0 Å². The fourth-order valence-electron chi connectivity index (χ4n) is 4.81. The third-order valence-corrected chi connectivity index (χ3v) is 5.88. The predicted octanol–water partition coefficient (Wildman–Crippen LogP) is 3.84. The molecule has 0 N–H and O–H groups in total. The van der Waals surface area contributed by atoms with Gasteiger partial charge < -0.3 is 4.90 Å². The summed E-state index contributed by atoms with van der Waals surface area (Å²) in [5.74, 6) is 0. The van der Waals surface area contributed by atoms with Gasteiger partial charge in [-0.3, -0.25) is 0 Å². The molecule has 0 radical (unpaired) electrons. The van der Waals surface area contributed by atoms with Gasteiger partial charge in [-0.1, -0.05) is 66.1 Å². The summed E-state index contributed by atoms with van der Waals surface area (Å²) in [4.78, 5) is 2.30. The lowest BCUT2D eigenvalue weighted by Gasteiger charge is -2.36. The highest BCUT2D eigenvalue weighted by Crippen LogP contribution is 2.40. The molecule has 2 nitrogen and oxygen atoms in total. The molecule has 0 bridgehead atoms. The fraction of sp³-hybridized carbons (Fsp3) is 0. The first kappa shape index (κ1) is 15.3. The van der Waals surface area contributed by atoms with Crippen molar-refractivity contribution in [1.29, 1.82) is 5.26 Å². The molecule has 0 spiro atoms. The van der Waals surface area contributed by atoms with E-state index in [0.29, 0.717) is 5.56 Å². The molecule has 128 valence electrons. The van der Waals surface area contributed by atoms with Crippen LogP contribution in [-0.4, -0.2) is 6.71 Å². The topological polar surface area (TPSA) is 27.0 Å². The standard InChI is InChI=1S/C25H15BN2/c27-16-17-14-20-19-10-4-5-11-21(19)26-22-12-6-7-13-23(22)28(24(15-17)25(20)26)18-8-2-1-3-9-18/h1-15H. The second-order valence-electron chi connectivity index (χ2n) is 7.32. The van der Waals surface area contributed by atoms with E-state index in [4.69, 9.17) is 0 Å². The molecule has 0 fully saturated rings. The molecule has 4 aromatic carbocycles. The zero-order chi connectivity index (χ0) is 18.7. The van der Waals surface area contributed by atoms with Crippen molar-refractivity contribution in [2.24, 2.45) is 0 Å². The van der Waals surface area contributed by atoms with E-state index in [-0.39, 0.29) is 6.71 Å². The zero-order valence-electron chi connectivity index (χ0n) is 15.1. The Morgan fingerprint density at radius 1 is 0.679 bits per heavy atom. The van der Waals surface area contributed by atoms with Crippen LogP contribution in [0.4, 0.5) is 17.1 Å². The lowest BCUT2D eigenvalue weighted by molar-refractivity contribution is 1.29. The van der Waals surface area contributed by atoms with Gasteiger partial charge in [-0.05, 0) is 52.4 Å². The molecule has 2 aliphatic rings. The van der Waals surface area contributed by atoms with E-state index in [1.54, 1.807) is 0 Å². The maximum atomic E-state index is 9.70. The van der Waals surface area contributed by atoms with Gasteiger partial charge in [0.2, 0.25) is 6.71 Å². The molecular formula is C25H15BN2. The molecule has 6 rings (SSSR count). The van der Waals surface area contributed by atoms with Gasteiger partial charge in [0, 0.05) is 17.1 Å². The molecule has 4 aromatic rings. The highest BCUT2D eigenvalue weighted by Gasteiger charge is 2.42. The van der Waals surface area contributed by atoms with E-state index in [2.05, 4.69) is 89.8 Å². The summed E-state index contributed by atoms with van der Waals surface area (Å²) in [5, 5.41) is 9.70. The lowest BCUT2D eigenvalue weighted by atomic mass is 9.37. The molecule has 0 amide bonds. The van der Waals surface area contributed by atoms with Crippen molar-refractivity contribution in [3.8, 4) is 17.2 Å². The molecule has 3 heteroatoms. The number of nitriles is 1. The Morgan fingerprint density at radius 3 is 2.21 bits per heavy atom. The molecule has 2 heterocycles. The Hall–Kier alpha value is -3.77. The number of anilines is 3. The van der Waals surface area contributed by atoms with Gasteiger partial charge in [0.25, 0.3) is 0 Å². The maximum absolute atomic E-state index is 9.70. The summed E-state index contributed by atoms with van der Waals surface area (Å²) in [7, 11) is 0. The van der Waals surface area contributed by atoms with Crippen molar-refractivity contribution in [3.05, 3.63) is 96.6 Å². The molecule has 0 unspecified atom stereocenters. The molecule has 0 saturated heterocycles. The third kappa shape index (κ3) is 1.92. The Morgan fingerprint density at radius 2 is 1.39 bits per heavy atom. The Labute approximate surface area is 164 Å². The summed E-state index contributed by atoms with van der Waals surface area (Å²) in [6.45, 7) is 0.213. The summed E-state index contributed by atoms with van der Waals surface area (Å²) in [6, 6.07) is 34.1. The number of hydrogen-bond donors (Lipinski definition) is 0. The molecule has 0 atom stereocenters. The molecule has 2 aliphatic heterocycles. The normalized spacial score (nSPS) is 12.8. The lowest BCUT2D eigenvalue weighted by Crippen LogP contribution is -2.54. The monoisotopic (exact) mass is 354 g/mol. The summed E-state index contributed by atoms with van der Waals surface area (Å²) >= 11 is 0. The molecule has 0 aliphatic carbocycles. The van der Waals surface area contributed by atoms with Crippen molar-refractivity contribution in [3.63, 3.8) is 0 Å². The highest BCUT2D eigenvalue weighted by molar-refractivity contribution is 7.01. The van der Waals surface area contributed by atoms with Crippen molar-refractivity contribution in [2.45, 2.75) is 0 Å². The molecule has 28 heavy (non-hydrogen) atoms. The predicted molar refractivity (Wildman–Crippen MR) is 116 cm³/mol. The third-order valence-electron chi connectivity index (χ3n) is 5.88. The van der Waals surface area contributed by atoms with Crippen LogP contribution < -0.4 is 21.3 Å². The van der Waals surface area contributed by atoms with Gasteiger partial charge in [0.1, 0.15) is 0 Å². The van der Waals surface area contributed by atoms with Gasteiger partial charge >= 0.3 is 0 Å². The number of rotatable bonds is 1. The second kappa shape index (κ2) is 5.61. The van der Waals surface area contributed by atoms with Crippen molar-refractivity contribution in [1.82, 2.24) is 0 Å². The molecule has 0 aromatic heterocycles. The first-order valence-corrected chi connectivity index (χ1v) is 9.48. The minimum atomic E-state index is 0.213. The number of para-hydroxylation sites is 2. The van der Waals surface area contributed by atoms with Crippen molar-refractivity contribution in [2.75, 3.05) is 4.90 Å². The average molecular weight is 354 g/mol. The SMILES string of the molecule is N#Cc1cc2c3c(c1)N(c1ccccc1)c1ccccc1B3c1ccccc1-2. The summed E-state index contributed by atoms with van der Waals surface area (Å²) < 4.78 is 0. The Kier molecular flexibility index (Phi) is 3.07. The summed E-state index contributed by atoms with van der Waals surface area (Å²) in [5.41, 5.74) is 10.5.